The number of nitrogens with zero attached hydrogens (tertiary/aromatic N) is 1. The van der Waals surface area contributed by atoms with Crippen LogP contribution >= 0.6 is 0 Å². The number of nitrogens with one attached hydrogen (secondary N) is 1. The molecule has 4 rings (SSSR count). The number of hydrogen-bond donors (Lipinski definition) is 4. The Kier molecular flexibility index (Phi) is 11.1. The van der Waals surface area contributed by atoms with E-state index in [9.17, 15) is 29.3 Å². The molecule has 1 heterocycles. The van der Waals surface area contributed by atoms with Crippen molar-refractivity contribution in [3.8, 4) is 22.3 Å². The molecule has 0 fully saturated rings. The quantitative estimate of drug-likeness (QED) is 0.172. The van der Waals surface area contributed by atoms with Crippen LogP contribution in [0.2, 0.25) is 0 Å². The number of nitrogens with two attached hydrogens (primary N) is 1. The van der Waals surface area contributed by atoms with Gasteiger partial charge in [0.2, 0.25) is 0 Å². The Bertz CT molecular complexity index is 1550. The molecule has 0 aliphatic rings. The van der Waals surface area contributed by atoms with E-state index < -0.39 is 30.4 Å². The van der Waals surface area contributed by atoms with Gasteiger partial charge in [-0.3, -0.25) is 4.79 Å². The monoisotopic (exact) mass is 600 g/mol. The zero-order valence-electron chi connectivity index (χ0n) is 25.0. The van der Waals surface area contributed by atoms with E-state index in [-0.39, 0.29) is 31.3 Å². The van der Waals surface area contributed by atoms with E-state index in [1.807, 2.05) is 73.0 Å². The molecule has 9 heteroatoms. The third-order valence-electron chi connectivity index (χ3n) is 7.61. The van der Waals surface area contributed by atoms with Gasteiger partial charge in [0.25, 0.3) is 5.91 Å². The van der Waals surface area contributed by atoms with Crippen LogP contribution in [0.5, 0.6) is 0 Å². The highest BCUT2D eigenvalue weighted by atomic mass is 19.1. The highest BCUT2D eigenvalue weighted by Gasteiger charge is 2.30. The smallest absolute Gasteiger partial charge is 0.268 e. The SMILES string of the molecule is CC(C)n1c(CCC(O)CC(O)CC(=O)[O-])c(-c2ccc(F)cc2)c(-c2ccccc2)c1C(=O)NCc1ccc(CN)cc1. The summed E-state index contributed by atoms with van der Waals surface area (Å²) in [6.07, 6.45) is -2.46. The minimum absolute atomic E-state index is 0.135. The second-order valence-corrected chi connectivity index (χ2v) is 11.2. The summed E-state index contributed by atoms with van der Waals surface area (Å²) in [6.45, 7) is 4.65. The minimum atomic E-state index is -1.39. The predicted octanol–water partition coefficient (Wildman–Crippen LogP) is 4.12. The van der Waals surface area contributed by atoms with Crippen molar-refractivity contribution in [1.82, 2.24) is 9.88 Å². The predicted molar refractivity (Wildman–Crippen MR) is 166 cm³/mol. The molecule has 44 heavy (non-hydrogen) atoms. The van der Waals surface area contributed by atoms with Gasteiger partial charge in [0.05, 0.1) is 12.2 Å². The van der Waals surface area contributed by atoms with Gasteiger partial charge < -0.3 is 35.7 Å². The molecule has 2 atom stereocenters. The lowest BCUT2D eigenvalue weighted by atomic mass is 9.92. The maximum atomic E-state index is 14.1. The van der Waals surface area contributed by atoms with Crippen LogP contribution in [0.15, 0.2) is 78.9 Å². The Balaban J connectivity index is 1.83. The van der Waals surface area contributed by atoms with Gasteiger partial charge in [-0.25, -0.2) is 4.39 Å². The molecule has 5 N–H and O–H groups in total. The van der Waals surface area contributed by atoms with Gasteiger partial charge in [-0.1, -0.05) is 66.7 Å². The maximum Gasteiger partial charge on any atom is 0.268 e. The molecule has 3 aromatic carbocycles. The second-order valence-electron chi connectivity index (χ2n) is 11.2. The van der Waals surface area contributed by atoms with Crippen molar-refractivity contribution in [2.24, 2.45) is 5.73 Å². The van der Waals surface area contributed by atoms with Crippen LogP contribution in [0, 0.1) is 5.82 Å². The lowest BCUT2D eigenvalue weighted by Crippen LogP contribution is -2.29. The van der Waals surface area contributed by atoms with Gasteiger partial charge in [0.1, 0.15) is 11.5 Å². The molecule has 1 amide bonds. The van der Waals surface area contributed by atoms with Crippen LogP contribution in [0.25, 0.3) is 22.3 Å². The average molecular weight is 601 g/mol. The Labute approximate surface area is 257 Å². The van der Waals surface area contributed by atoms with Gasteiger partial charge in [0.15, 0.2) is 0 Å². The summed E-state index contributed by atoms with van der Waals surface area (Å²) in [5, 5.41) is 34.8. The maximum absolute atomic E-state index is 14.1. The molecular formula is C35H39FN3O5-. The molecule has 0 aliphatic carbocycles. The fourth-order valence-electron chi connectivity index (χ4n) is 5.56. The van der Waals surface area contributed by atoms with Crippen molar-refractivity contribution in [3.63, 3.8) is 0 Å². The summed E-state index contributed by atoms with van der Waals surface area (Å²) in [6, 6.07) is 23.1. The van der Waals surface area contributed by atoms with Crippen molar-refractivity contribution >= 4 is 11.9 Å². The molecule has 0 spiro atoms. The van der Waals surface area contributed by atoms with Crippen molar-refractivity contribution in [2.45, 2.75) is 70.9 Å². The first kappa shape index (κ1) is 32.6. The Morgan fingerprint density at radius 2 is 1.50 bits per heavy atom. The number of rotatable bonds is 14. The lowest BCUT2D eigenvalue weighted by Gasteiger charge is -2.20. The van der Waals surface area contributed by atoms with E-state index >= 15 is 0 Å². The summed E-state index contributed by atoms with van der Waals surface area (Å²) in [7, 11) is 0. The molecule has 232 valence electrons. The average Bonchev–Trinajstić information content (AvgIpc) is 3.35. The van der Waals surface area contributed by atoms with Crippen LogP contribution < -0.4 is 16.2 Å². The zero-order chi connectivity index (χ0) is 31.8. The van der Waals surface area contributed by atoms with E-state index in [0.29, 0.717) is 29.8 Å². The Hall–Kier alpha value is -4.31. The van der Waals surface area contributed by atoms with Crippen LogP contribution in [0.3, 0.4) is 0 Å². The normalized spacial score (nSPS) is 12.7. The number of aliphatic carboxylic acids is 1. The second kappa shape index (κ2) is 14.9. The summed E-state index contributed by atoms with van der Waals surface area (Å²) in [5.41, 5.74) is 11.8. The van der Waals surface area contributed by atoms with Gasteiger partial charge in [0, 0.05) is 48.3 Å². The van der Waals surface area contributed by atoms with Crippen molar-refractivity contribution < 1.29 is 29.3 Å². The number of carbonyl (C=O) groups excluding carboxylic acids is 2. The van der Waals surface area contributed by atoms with E-state index in [0.717, 1.165) is 27.9 Å². The fraction of sp³-hybridized carbons (Fsp3) is 0.314. The number of carboxylic acids is 1. The van der Waals surface area contributed by atoms with Gasteiger partial charge in [-0.2, -0.15) is 0 Å². The lowest BCUT2D eigenvalue weighted by molar-refractivity contribution is -0.307. The van der Waals surface area contributed by atoms with Crippen molar-refractivity contribution in [1.29, 1.82) is 0 Å². The summed E-state index contributed by atoms with van der Waals surface area (Å²) < 4.78 is 16.0. The first-order valence-electron chi connectivity index (χ1n) is 14.8. The van der Waals surface area contributed by atoms with Crippen LogP contribution in [0.1, 0.15) is 66.5 Å². The standard InChI is InChI=1S/C35H40FN3O5/c1-22(2)39-30(17-16-28(40)18-29(41)19-31(42)43)32(26-12-14-27(36)15-13-26)33(25-6-4-3-5-7-25)34(39)35(44)38-21-24-10-8-23(20-37)9-11-24/h3-15,22,28-29,40-41H,16-21,37H2,1-2H3,(H,38,44)(H,42,43)/p-1. The minimum Gasteiger partial charge on any atom is -0.550 e. The number of amides is 1. The fourth-order valence-corrected chi connectivity index (χ4v) is 5.56. The topological polar surface area (TPSA) is 141 Å². The molecule has 0 saturated carbocycles. The summed E-state index contributed by atoms with van der Waals surface area (Å²) >= 11 is 0. The van der Waals surface area contributed by atoms with Crippen molar-refractivity contribution in [2.75, 3.05) is 0 Å². The molecule has 0 aliphatic heterocycles. The van der Waals surface area contributed by atoms with E-state index in [4.69, 9.17) is 5.73 Å². The van der Waals surface area contributed by atoms with Gasteiger partial charge in [-0.15, -0.1) is 0 Å². The number of carboxylic acid groups (broad SMARTS) is 1. The molecule has 0 bridgehead atoms. The van der Waals surface area contributed by atoms with Crippen molar-refractivity contribution in [3.05, 3.63) is 107 Å². The number of halogens is 1. The number of benzene rings is 3. The third kappa shape index (κ3) is 7.99. The highest BCUT2D eigenvalue weighted by Crippen LogP contribution is 2.42. The largest absolute Gasteiger partial charge is 0.550 e. The molecule has 4 aromatic rings. The molecule has 2 unspecified atom stereocenters. The third-order valence-corrected chi connectivity index (χ3v) is 7.61. The number of hydrogen-bond acceptors (Lipinski definition) is 6. The summed E-state index contributed by atoms with van der Waals surface area (Å²) in [4.78, 5) is 25.0. The zero-order valence-corrected chi connectivity index (χ0v) is 25.0. The number of aliphatic hydroxyl groups is 2. The van der Waals surface area contributed by atoms with Gasteiger partial charge in [-0.05, 0) is 67.5 Å². The number of aliphatic hydroxyl groups excluding tert-OH is 2. The van der Waals surface area contributed by atoms with E-state index in [1.54, 1.807) is 12.1 Å². The first-order valence-corrected chi connectivity index (χ1v) is 14.8. The Morgan fingerprint density at radius 1 is 0.886 bits per heavy atom. The first-order chi connectivity index (χ1) is 21.1. The molecule has 0 radical (unpaired) electrons. The van der Waals surface area contributed by atoms with Crippen LogP contribution in [-0.2, 0) is 24.3 Å². The molecular weight excluding hydrogens is 561 g/mol. The molecule has 1 aromatic heterocycles. The van der Waals surface area contributed by atoms with E-state index in [1.165, 1.54) is 12.1 Å². The highest BCUT2D eigenvalue weighted by molar-refractivity contribution is 6.05. The molecule has 8 nitrogen and oxygen atoms in total. The summed E-state index contributed by atoms with van der Waals surface area (Å²) in [5.74, 6) is -2.08. The van der Waals surface area contributed by atoms with E-state index in [2.05, 4.69) is 5.32 Å². The Morgan fingerprint density at radius 3 is 2.09 bits per heavy atom. The number of carbonyl (C=O) groups is 2. The number of aromatic nitrogens is 1. The van der Waals surface area contributed by atoms with Crippen LogP contribution in [0.4, 0.5) is 4.39 Å². The van der Waals surface area contributed by atoms with Crippen LogP contribution in [-0.4, -0.2) is 38.9 Å². The molecule has 0 saturated heterocycles. The van der Waals surface area contributed by atoms with Gasteiger partial charge >= 0.3 is 0 Å².